The summed E-state index contributed by atoms with van der Waals surface area (Å²) in [5.41, 5.74) is 3.73. The van der Waals surface area contributed by atoms with E-state index >= 15 is 0 Å². The van der Waals surface area contributed by atoms with Crippen LogP contribution in [0.25, 0.3) is 34.2 Å². The Hall–Kier alpha value is -4.21. The number of alkyl halides is 2. The number of rotatable bonds is 6. The Morgan fingerprint density at radius 3 is 1.49 bits per heavy atom. The van der Waals surface area contributed by atoms with Crippen LogP contribution < -0.4 is 0 Å². The van der Waals surface area contributed by atoms with Gasteiger partial charge in [-0.2, -0.15) is 0 Å². The maximum Gasteiger partial charge on any atom is 0.281 e. The van der Waals surface area contributed by atoms with E-state index in [1.807, 2.05) is 114 Å². The van der Waals surface area contributed by atoms with Crippen molar-refractivity contribution in [1.29, 1.82) is 0 Å². The van der Waals surface area contributed by atoms with Crippen molar-refractivity contribution < 1.29 is 13.6 Å². The van der Waals surface area contributed by atoms with Gasteiger partial charge in [-0.15, -0.1) is 0 Å². The summed E-state index contributed by atoms with van der Waals surface area (Å²) in [6.45, 7) is 0. The average molecular weight is 676 g/mol. The van der Waals surface area contributed by atoms with Gasteiger partial charge in [0.25, 0.3) is 6.43 Å². The highest BCUT2D eigenvalue weighted by molar-refractivity contribution is 9.10. The molecule has 4 aromatic carbocycles. The first-order valence-electron chi connectivity index (χ1n) is 12.5. The number of carbonyl (C=O) groups is 1. The minimum absolute atomic E-state index is 0.225. The van der Waals surface area contributed by atoms with Crippen LogP contribution in [0, 0.1) is 0 Å². The monoisotopic (exact) mass is 674 g/mol. The van der Waals surface area contributed by atoms with Gasteiger partial charge in [0.15, 0.2) is 6.29 Å². The second-order valence-electron chi connectivity index (χ2n) is 8.82. The van der Waals surface area contributed by atoms with E-state index in [1.54, 1.807) is 10.8 Å². The summed E-state index contributed by atoms with van der Waals surface area (Å²) in [4.78, 5) is 19.5. The van der Waals surface area contributed by atoms with Crippen molar-refractivity contribution >= 4 is 38.1 Å². The Bertz CT molecular complexity index is 1740. The Labute approximate surface area is 252 Å². The minimum Gasteiger partial charge on any atom is -0.299 e. The zero-order chi connectivity index (χ0) is 28.8. The summed E-state index contributed by atoms with van der Waals surface area (Å²) in [5, 5.41) is 0. The second kappa shape index (κ2) is 13.0. The van der Waals surface area contributed by atoms with Gasteiger partial charge in [-0.3, -0.25) is 13.9 Å². The predicted octanol–water partition coefficient (Wildman–Crippen LogP) is 9.35. The molecular formula is C32H22Br2F2N4O. The topological polar surface area (TPSA) is 52.7 Å². The van der Waals surface area contributed by atoms with Crippen LogP contribution in [-0.2, 0) is 0 Å². The van der Waals surface area contributed by atoms with E-state index in [0.717, 1.165) is 43.6 Å². The van der Waals surface area contributed by atoms with Gasteiger partial charge >= 0.3 is 0 Å². The molecular weight excluding hydrogens is 654 g/mol. The molecule has 2 aromatic heterocycles. The molecule has 0 spiro atoms. The number of benzene rings is 4. The van der Waals surface area contributed by atoms with Crippen LogP contribution in [-0.4, -0.2) is 25.4 Å². The van der Waals surface area contributed by atoms with Crippen LogP contribution in [0.15, 0.2) is 131 Å². The maximum atomic E-state index is 13.0. The number of imidazole rings is 2. The molecule has 0 saturated carbocycles. The highest BCUT2D eigenvalue weighted by Crippen LogP contribution is 2.28. The van der Waals surface area contributed by atoms with E-state index in [2.05, 4.69) is 41.8 Å². The van der Waals surface area contributed by atoms with Gasteiger partial charge in [0.05, 0.1) is 0 Å². The first-order chi connectivity index (χ1) is 19.9. The summed E-state index contributed by atoms with van der Waals surface area (Å²) in [7, 11) is 0. The lowest BCUT2D eigenvalue weighted by Gasteiger charge is -2.07. The van der Waals surface area contributed by atoms with Crippen molar-refractivity contribution in [1.82, 2.24) is 19.1 Å². The molecule has 0 amide bonds. The van der Waals surface area contributed by atoms with Gasteiger partial charge < -0.3 is 0 Å². The van der Waals surface area contributed by atoms with E-state index in [9.17, 15) is 13.6 Å². The molecule has 0 atom stereocenters. The minimum atomic E-state index is -2.59. The zero-order valence-electron chi connectivity index (χ0n) is 21.4. The van der Waals surface area contributed by atoms with Gasteiger partial charge in [-0.25, -0.2) is 18.7 Å². The van der Waals surface area contributed by atoms with Gasteiger partial charge in [0, 0.05) is 43.8 Å². The van der Waals surface area contributed by atoms with Gasteiger partial charge in [-0.1, -0.05) is 92.5 Å². The molecule has 6 aromatic rings. The second-order valence-corrected chi connectivity index (χ2v) is 10.7. The quantitative estimate of drug-likeness (QED) is 0.165. The highest BCUT2D eigenvalue weighted by atomic mass is 79.9. The summed E-state index contributed by atoms with van der Waals surface area (Å²) in [5.74, 6) is 1.27. The third-order valence-corrected chi connectivity index (χ3v) is 7.12. The molecule has 0 aliphatic carbocycles. The van der Waals surface area contributed by atoms with Gasteiger partial charge in [0.1, 0.15) is 23.0 Å². The molecule has 41 heavy (non-hydrogen) atoms. The molecule has 0 fully saturated rings. The van der Waals surface area contributed by atoms with E-state index in [4.69, 9.17) is 0 Å². The van der Waals surface area contributed by atoms with Crippen LogP contribution in [0.2, 0.25) is 0 Å². The van der Waals surface area contributed by atoms with E-state index in [-0.39, 0.29) is 5.69 Å². The van der Waals surface area contributed by atoms with Crippen molar-refractivity contribution in [2.45, 2.75) is 6.43 Å². The van der Waals surface area contributed by atoms with E-state index < -0.39 is 6.43 Å². The molecule has 0 unspecified atom stereocenters. The van der Waals surface area contributed by atoms with Crippen molar-refractivity contribution in [3.63, 3.8) is 0 Å². The molecule has 0 radical (unpaired) electrons. The van der Waals surface area contributed by atoms with Crippen LogP contribution in [0.3, 0.4) is 0 Å². The van der Waals surface area contributed by atoms with E-state index in [1.165, 1.54) is 6.20 Å². The molecule has 0 aliphatic rings. The molecule has 0 saturated heterocycles. The molecule has 0 N–H and O–H groups in total. The molecule has 6 rings (SSSR count). The standard InChI is InChI=1S/C16H11BrF2N2.C16H11BrN2O/c17-12-6-8-13(9-7-12)21-10-14(15(18)19)20-16(21)11-4-2-1-3-5-11;17-13-6-8-15(9-7-13)19-10-14(11-20)18-16(19)12-4-2-1-3-5-12/h1-10,15H;1-11H. The fourth-order valence-electron chi connectivity index (χ4n) is 4.14. The Morgan fingerprint density at radius 2 is 1.05 bits per heavy atom. The third kappa shape index (κ3) is 6.75. The Morgan fingerprint density at radius 1 is 0.610 bits per heavy atom. The summed E-state index contributed by atoms with van der Waals surface area (Å²) in [6, 6.07) is 34.5. The fraction of sp³-hybridized carbons (Fsp3) is 0.0312. The smallest absolute Gasteiger partial charge is 0.281 e. The number of carbonyl (C=O) groups excluding carboxylic acids is 1. The maximum absolute atomic E-state index is 13.0. The average Bonchev–Trinajstić information content (AvgIpc) is 3.65. The molecule has 0 bridgehead atoms. The van der Waals surface area contributed by atoms with Gasteiger partial charge in [0.2, 0.25) is 0 Å². The van der Waals surface area contributed by atoms with Crippen molar-refractivity contribution in [3.05, 3.63) is 142 Å². The number of nitrogens with zero attached hydrogens (tertiary/aromatic N) is 4. The SMILES string of the molecule is FC(F)c1cn(-c2ccc(Br)cc2)c(-c2ccccc2)n1.O=Cc1cn(-c2ccc(Br)cc2)c(-c2ccccc2)n1. The van der Waals surface area contributed by atoms with E-state index in [0.29, 0.717) is 11.5 Å². The van der Waals surface area contributed by atoms with Crippen molar-refractivity contribution in [2.24, 2.45) is 0 Å². The first-order valence-corrected chi connectivity index (χ1v) is 14.1. The lowest BCUT2D eigenvalue weighted by atomic mass is 10.2. The Balaban J connectivity index is 0.000000165. The molecule has 2 heterocycles. The normalized spacial score (nSPS) is 10.8. The highest BCUT2D eigenvalue weighted by Gasteiger charge is 2.17. The van der Waals surface area contributed by atoms with Crippen LogP contribution in [0.1, 0.15) is 22.6 Å². The fourth-order valence-corrected chi connectivity index (χ4v) is 4.67. The first kappa shape index (κ1) is 28.3. The molecule has 5 nitrogen and oxygen atoms in total. The number of aromatic nitrogens is 4. The lowest BCUT2D eigenvalue weighted by Crippen LogP contribution is -1.95. The molecule has 0 aliphatic heterocycles. The predicted molar refractivity (Wildman–Crippen MR) is 164 cm³/mol. The van der Waals surface area contributed by atoms with Crippen LogP contribution >= 0.6 is 31.9 Å². The zero-order valence-corrected chi connectivity index (χ0v) is 24.6. The number of aldehydes is 1. The van der Waals surface area contributed by atoms with Crippen LogP contribution in [0.4, 0.5) is 8.78 Å². The summed E-state index contributed by atoms with van der Waals surface area (Å²) >= 11 is 6.78. The summed E-state index contributed by atoms with van der Waals surface area (Å²) in [6.07, 6.45) is 1.31. The van der Waals surface area contributed by atoms with Crippen LogP contribution in [0.5, 0.6) is 0 Å². The third-order valence-electron chi connectivity index (χ3n) is 6.07. The largest absolute Gasteiger partial charge is 0.299 e. The summed E-state index contributed by atoms with van der Waals surface area (Å²) < 4.78 is 31.5. The molecule has 204 valence electrons. The molecule has 9 heteroatoms. The van der Waals surface area contributed by atoms with Gasteiger partial charge in [-0.05, 0) is 48.5 Å². The van der Waals surface area contributed by atoms with Crippen molar-refractivity contribution in [3.8, 4) is 34.2 Å². The number of halogens is 4. The number of hydrogen-bond acceptors (Lipinski definition) is 3. The number of hydrogen-bond donors (Lipinski definition) is 0. The lowest BCUT2D eigenvalue weighted by molar-refractivity contribution is 0.111. The Kier molecular flexibility index (Phi) is 8.96. The van der Waals surface area contributed by atoms with Crippen molar-refractivity contribution in [2.75, 3.05) is 0 Å².